The van der Waals surface area contributed by atoms with Gasteiger partial charge in [0, 0.05) is 6.54 Å². The van der Waals surface area contributed by atoms with E-state index in [4.69, 9.17) is 9.47 Å². The molecule has 1 aromatic heterocycles. The fourth-order valence-electron chi connectivity index (χ4n) is 3.02. The Bertz CT molecular complexity index is 1240. The maximum absolute atomic E-state index is 11.5. The van der Waals surface area contributed by atoms with Gasteiger partial charge >= 0.3 is 5.97 Å². The number of aromatic amines is 1. The highest BCUT2D eigenvalue weighted by molar-refractivity contribution is 5.89. The number of methoxy groups -OCH3 is 1. The number of rotatable bonds is 6. The van der Waals surface area contributed by atoms with Crippen LogP contribution in [0.15, 0.2) is 66.7 Å². The molecule has 0 spiro atoms. The van der Waals surface area contributed by atoms with Crippen LogP contribution < -0.4 is 10.1 Å². The molecule has 0 saturated carbocycles. The lowest BCUT2D eigenvalue weighted by molar-refractivity contribution is 0.0600. The average Bonchev–Trinajstić information content (AvgIpc) is 3.21. The van der Waals surface area contributed by atoms with Crippen molar-refractivity contribution in [1.82, 2.24) is 9.97 Å². The van der Waals surface area contributed by atoms with E-state index in [0.29, 0.717) is 40.6 Å². The molecular weight excluding hydrogens is 380 g/mol. The summed E-state index contributed by atoms with van der Waals surface area (Å²) in [5.41, 5.74) is 3.46. The van der Waals surface area contributed by atoms with Crippen molar-refractivity contribution >= 4 is 23.0 Å². The minimum absolute atomic E-state index is 0.387. The SMILES string of the molecule is COC(=O)c1ccc(Oc2cccc(CNc3nc4c(C#N)cccc4[nH]3)c2)cc1. The third-order valence-electron chi connectivity index (χ3n) is 4.50. The number of fused-ring (bicyclic) bond motifs is 1. The van der Waals surface area contributed by atoms with E-state index >= 15 is 0 Å². The Morgan fingerprint density at radius 3 is 2.67 bits per heavy atom. The number of carbonyl (C=O) groups is 1. The number of hydrogen-bond donors (Lipinski definition) is 2. The number of carbonyl (C=O) groups excluding carboxylic acids is 1. The second kappa shape index (κ2) is 8.37. The number of ether oxygens (including phenoxy) is 2. The number of imidazole rings is 1. The van der Waals surface area contributed by atoms with Crippen molar-refractivity contribution in [3.8, 4) is 17.6 Å². The van der Waals surface area contributed by atoms with Crippen LogP contribution in [0.3, 0.4) is 0 Å². The van der Waals surface area contributed by atoms with Crippen molar-refractivity contribution in [2.45, 2.75) is 6.54 Å². The molecule has 0 bridgehead atoms. The van der Waals surface area contributed by atoms with Crippen molar-refractivity contribution in [2.24, 2.45) is 0 Å². The van der Waals surface area contributed by atoms with Crippen LogP contribution in [0.5, 0.6) is 11.5 Å². The maximum Gasteiger partial charge on any atom is 0.337 e. The van der Waals surface area contributed by atoms with Gasteiger partial charge in [0.2, 0.25) is 5.95 Å². The van der Waals surface area contributed by atoms with E-state index in [-0.39, 0.29) is 5.97 Å². The first kappa shape index (κ1) is 19.0. The minimum atomic E-state index is -0.387. The summed E-state index contributed by atoms with van der Waals surface area (Å²) in [4.78, 5) is 19.1. The predicted molar refractivity (Wildman–Crippen MR) is 112 cm³/mol. The Kier molecular flexibility index (Phi) is 5.31. The lowest BCUT2D eigenvalue weighted by Crippen LogP contribution is -2.01. The third-order valence-corrected chi connectivity index (χ3v) is 4.50. The van der Waals surface area contributed by atoms with Crippen LogP contribution in [0, 0.1) is 11.3 Å². The zero-order valence-electron chi connectivity index (χ0n) is 16.2. The fraction of sp³-hybridized carbons (Fsp3) is 0.0870. The van der Waals surface area contributed by atoms with Gasteiger partial charge in [-0.15, -0.1) is 0 Å². The largest absolute Gasteiger partial charge is 0.465 e. The Morgan fingerprint density at radius 2 is 1.90 bits per heavy atom. The van der Waals surface area contributed by atoms with Crippen molar-refractivity contribution in [1.29, 1.82) is 5.26 Å². The summed E-state index contributed by atoms with van der Waals surface area (Å²) in [7, 11) is 1.35. The smallest absolute Gasteiger partial charge is 0.337 e. The topological polar surface area (TPSA) is 100 Å². The zero-order valence-corrected chi connectivity index (χ0v) is 16.2. The summed E-state index contributed by atoms with van der Waals surface area (Å²) < 4.78 is 10.6. The lowest BCUT2D eigenvalue weighted by Gasteiger charge is -2.09. The highest BCUT2D eigenvalue weighted by Crippen LogP contribution is 2.24. The summed E-state index contributed by atoms with van der Waals surface area (Å²) in [5, 5.41) is 12.4. The van der Waals surface area contributed by atoms with Gasteiger partial charge in [0.1, 0.15) is 23.1 Å². The van der Waals surface area contributed by atoms with E-state index in [1.54, 1.807) is 30.3 Å². The molecule has 0 aliphatic rings. The van der Waals surface area contributed by atoms with E-state index in [9.17, 15) is 10.1 Å². The van der Waals surface area contributed by atoms with Crippen molar-refractivity contribution in [3.05, 3.63) is 83.4 Å². The van der Waals surface area contributed by atoms with Gasteiger partial charge in [0.15, 0.2) is 0 Å². The Balaban J connectivity index is 1.44. The second-order valence-corrected chi connectivity index (χ2v) is 6.52. The molecule has 0 amide bonds. The minimum Gasteiger partial charge on any atom is -0.465 e. The fourth-order valence-corrected chi connectivity index (χ4v) is 3.02. The van der Waals surface area contributed by atoms with E-state index in [1.165, 1.54) is 7.11 Å². The molecule has 7 heteroatoms. The molecule has 3 aromatic carbocycles. The molecule has 0 radical (unpaired) electrons. The molecular formula is C23H18N4O3. The molecule has 0 fully saturated rings. The van der Waals surface area contributed by atoms with Crippen LogP contribution in [0.4, 0.5) is 5.95 Å². The van der Waals surface area contributed by atoms with Crippen LogP contribution in [-0.2, 0) is 11.3 Å². The average molecular weight is 398 g/mol. The Morgan fingerprint density at radius 1 is 1.10 bits per heavy atom. The van der Waals surface area contributed by atoms with Gasteiger partial charge in [-0.1, -0.05) is 18.2 Å². The van der Waals surface area contributed by atoms with E-state index in [2.05, 4.69) is 21.4 Å². The number of esters is 1. The van der Waals surface area contributed by atoms with Gasteiger partial charge < -0.3 is 19.8 Å². The number of nitrogens with zero attached hydrogens (tertiary/aromatic N) is 2. The van der Waals surface area contributed by atoms with Crippen LogP contribution in [0.2, 0.25) is 0 Å². The molecule has 30 heavy (non-hydrogen) atoms. The van der Waals surface area contributed by atoms with Gasteiger partial charge in [-0.25, -0.2) is 9.78 Å². The van der Waals surface area contributed by atoms with Crippen molar-refractivity contribution < 1.29 is 14.3 Å². The molecule has 4 rings (SSSR count). The van der Waals surface area contributed by atoms with E-state index in [0.717, 1.165) is 11.1 Å². The molecule has 1 heterocycles. The predicted octanol–water partition coefficient (Wildman–Crippen LogP) is 4.63. The zero-order chi connectivity index (χ0) is 20.9. The highest BCUT2D eigenvalue weighted by atomic mass is 16.5. The molecule has 0 aliphatic carbocycles. The summed E-state index contributed by atoms with van der Waals surface area (Å²) in [6.45, 7) is 0.528. The summed E-state index contributed by atoms with van der Waals surface area (Å²) in [6, 6.07) is 22.0. The second-order valence-electron chi connectivity index (χ2n) is 6.52. The molecule has 148 valence electrons. The molecule has 4 aromatic rings. The number of nitriles is 1. The number of aromatic nitrogens is 2. The van der Waals surface area contributed by atoms with Gasteiger partial charge in [0.25, 0.3) is 0 Å². The molecule has 0 unspecified atom stereocenters. The van der Waals surface area contributed by atoms with E-state index < -0.39 is 0 Å². The standard InChI is InChI=1S/C23H18N4O3/c1-29-22(28)16-8-10-18(11-9-16)30-19-6-2-4-15(12-19)14-25-23-26-20-7-3-5-17(13-24)21(20)27-23/h2-12H,14H2,1H3,(H2,25,26,27). The van der Waals surface area contributed by atoms with Gasteiger partial charge in [-0.3, -0.25) is 0 Å². The van der Waals surface area contributed by atoms with Gasteiger partial charge in [-0.2, -0.15) is 5.26 Å². The monoisotopic (exact) mass is 398 g/mol. The highest BCUT2D eigenvalue weighted by Gasteiger charge is 2.08. The first-order valence-corrected chi connectivity index (χ1v) is 9.24. The molecule has 0 saturated heterocycles. The molecule has 0 atom stereocenters. The van der Waals surface area contributed by atoms with Crippen molar-refractivity contribution in [3.63, 3.8) is 0 Å². The van der Waals surface area contributed by atoms with Gasteiger partial charge in [-0.05, 0) is 54.1 Å². The molecule has 2 N–H and O–H groups in total. The van der Waals surface area contributed by atoms with Gasteiger partial charge in [0.05, 0.1) is 23.8 Å². The number of nitrogens with one attached hydrogen (secondary N) is 2. The third kappa shape index (κ3) is 4.08. The van der Waals surface area contributed by atoms with Crippen LogP contribution in [0.25, 0.3) is 11.0 Å². The maximum atomic E-state index is 11.5. The first-order chi connectivity index (χ1) is 14.7. The van der Waals surface area contributed by atoms with E-state index in [1.807, 2.05) is 36.4 Å². The number of anilines is 1. The normalized spacial score (nSPS) is 10.4. The molecule has 7 nitrogen and oxygen atoms in total. The van der Waals surface area contributed by atoms with Crippen LogP contribution >= 0.6 is 0 Å². The molecule has 0 aliphatic heterocycles. The summed E-state index contributed by atoms with van der Waals surface area (Å²) >= 11 is 0. The number of benzene rings is 3. The quantitative estimate of drug-likeness (QED) is 0.460. The van der Waals surface area contributed by atoms with Crippen LogP contribution in [0.1, 0.15) is 21.5 Å². The summed E-state index contributed by atoms with van der Waals surface area (Å²) in [5.74, 6) is 1.50. The number of H-pyrrole nitrogens is 1. The number of para-hydroxylation sites is 1. The number of hydrogen-bond acceptors (Lipinski definition) is 6. The Labute approximate surface area is 172 Å². The lowest BCUT2D eigenvalue weighted by atomic mass is 10.2. The Hall–Kier alpha value is -4.31. The summed E-state index contributed by atoms with van der Waals surface area (Å²) in [6.07, 6.45) is 0. The van der Waals surface area contributed by atoms with Crippen molar-refractivity contribution in [2.75, 3.05) is 12.4 Å². The first-order valence-electron chi connectivity index (χ1n) is 9.24. The van der Waals surface area contributed by atoms with Crippen LogP contribution in [-0.4, -0.2) is 23.0 Å².